The maximum atomic E-state index is 12.7. The largest absolute Gasteiger partial charge is 0.461 e. The molecule has 0 radical (unpaired) electrons. The Morgan fingerprint density at radius 1 is 1.18 bits per heavy atom. The van der Waals surface area contributed by atoms with Crippen LogP contribution in [0.15, 0.2) is 78.4 Å². The van der Waals surface area contributed by atoms with Crippen molar-refractivity contribution in [3.05, 3.63) is 95.1 Å². The van der Waals surface area contributed by atoms with Gasteiger partial charge in [0.15, 0.2) is 0 Å². The summed E-state index contributed by atoms with van der Waals surface area (Å²) in [5.41, 5.74) is 2.36. The Morgan fingerprint density at radius 2 is 1.91 bits per heavy atom. The van der Waals surface area contributed by atoms with E-state index in [2.05, 4.69) is 31.8 Å². The molecule has 5 unspecified atom stereocenters. The van der Waals surface area contributed by atoms with Gasteiger partial charge in [0.1, 0.15) is 18.8 Å². The highest BCUT2D eigenvalue weighted by Gasteiger charge is 2.61. The maximum Gasteiger partial charge on any atom is 0.416 e. The summed E-state index contributed by atoms with van der Waals surface area (Å²) in [6, 6.07) is 13.9. The van der Waals surface area contributed by atoms with Gasteiger partial charge >= 0.3 is 18.1 Å². The second-order valence-electron chi connectivity index (χ2n) is 11.7. The first kappa shape index (κ1) is 35.3. The first-order valence-electron chi connectivity index (χ1n) is 14.7. The van der Waals surface area contributed by atoms with Crippen LogP contribution < -0.4 is 5.32 Å². The number of fused-ring (bicyclic) bond motifs is 3. The summed E-state index contributed by atoms with van der Waals surface area (Å²) in [7, 11) is 0. The minimum Gasteiger partial charge on any atom is -0.461 e. The Morgan fingerprint density at radius 3 is 2.61 bits per heavy atom. The van der Waals surface area contributed by atoms with Crippen molar-refractivity contribution in [3.8, 4) is 0 Å². The van der Waals surface area contributed by atoms with Crippen molar-refractivity contribution in [1.82, 2.24) is 5.32 Å². The number of hydrogen-bond acceptors (Lipinski definition) is 6. The van der Waals surface area contributed by atoms with Gasteiger partial charge in [-0.25, -0.2) is 9.59 Å². The fourth-order valence-electron chi connectivity index (χ4n) is 5.61. The molecule has 3 aliphatic rings. The van der Waals surface area contributed by atoms with E-state index >= 15 is 0 Å². The zero-order valence-electron chi connectivity index (χ0n) is 25.3. The van der Waals surface area contributed by atoms with Gasteiger partial charge in [0.05, 0.1) is 16.7 Å². The molecule has 44 heavy (non-hydrogen) atoms. The quantitative estimate of drug-likeness (QED) is 0.113. The molecule has 0 aromatic heterocycles. The number of rotatable bonds is 7. The highest BCUT2D eigenvalue weighted by atomic mass is 35.5. The normalized spacial score (nSPS) is 25.0. The van der Waals surface area contributed by atoms with Crippen LogP contribution in [0.2, 0.25) is 0 Å². The average Bonchev–Trinajstić information content (AvgIpc) is 3.56. The maximum absolute atomic E-state index is 12.7. The van der Waals surface area contributed by atoms with Gasteiger partial charge in [-0.15, -0.1) is 12.4 Å². The zero-order chi connectivity index (χ0) is 31.2. The van der Waals surface area contributed by atoms with Crippen molar-refractivity contribution < 1.29 is 37.0 Å². The van der Waals surface area contributed by atoms with Gasteiger partial charge in [-0.1, -0.05) is 54.6 Å². The molecule has 2 aliphatic heterocycles. The number of halogens is 4. The van der Waals surface area contributed by atoms with E-state index in [0.29, 0.717) is 29.7 Å². The van der Waals surface area contributed by atoms with Crippen LogP contribution in [0.5, 0.6) is 0 Å². The molecule has 2 aromatic rings. The topological polar surface area (TPSA) is 77.2 Å². The number of carbonyl (C=O) groups excluding carboxylic acids is 2. The molecule has 5 atom stereocenters. The SMILES string of the molecule is C=C1C(=O)OC2C1CCC(C)=CCCC1(C)OC21.CC(Cc1cccc(C(F)(F)F)c1)NCCOC(=O)c1ccccc1.Cl. The number of benzene rings is 2. The summed E-state index contributed by atoms with van der Waals surface area (Å²) in [5, 5.41) is 3.14. The van der Waals surface area contributed by atoms with Crippen molar-refractivity contribution >= 4 is 24.3 Å². The molecule has 5 rings (SSSR count). The number of hydrogen-bond donors (Lipinski definition) is 1. The number of esters is 2. The molecule has 0 saturated carbocycles. The molecule has 0 amide bonds. The lowest BCUT2D eigenvalue weighted by Crippen LogP contribution is -2.31. The first-order valence-corrected chi connectivity index (χ1v) is 14.7. The predicted molar refractivity (Wildman–Crippen MR) is 165 cm³/mol. The Balaban J connectivity index is 0.000000246. The highest BCUT2D eigenvalue weighted by molar-refractivity contribution is 5.91. The highest BCUT2D eigenvalue weighted by Crippen LogP contribution is 2.49. The van der Waals surface area contributed by atoms with Gasteiger partial charge in [0, 0.05) is 24.1 Å². The predicted octanol–water partition coefficient (Wildman–Crippen LogP) is 7.27. The van der Waals surface area contributed by atoms with Crippen LogP contribution in [0, 0.1) is 5.92 Å². The number of epoxide rings is 1. The number of alkyl halides is 3. The van der Waals surface area contributed by atoms with Crippen LogP contribution in [0.3, 0.4) is 0 Å². The lowest BCUT2D eigenvalue weighted by molar-refractivity contribution is -0.140. The van der Waals surface area contributed by atoms with Crippen LogP contribution >= 0.6 is 12.4 Å². The molecule has 2 saturated heterocycles. The van der Waals surface area contributed by atoms with E-state index in [1.807, 2.05) is 13.0 Å². The average molecular weight is 636 g/mol. The molecule has 0 bridgehead atoms. The third-order valence-corrected chi connectivity index (χ3v) is 8.21. The minimum atomic E-state index is -4.34. The molecule has 1 aliphatic carbocycles. The standard InChI is InChI=1S/C19H20F3NO2.C15H20O3.ClH/c1-14(12-15-6-5-9-17(13-15)19(20,21)22)23-10-11-25-18(24)16-7-3-2-4-8-16;1-9-5-4-8-15(3)13(18-15)12-11(7-6-9)10(2)14(16)17-12;/h2-9,13-14,23H,10-12H2,1H3;5,11-13H,2,4,6-8H2,1,3H3;1H. The third kappa shape index (κ3) is 9.43. The van der Waals surface area contributed by atoms with Gasteiger partial charge in [0.25, 0.3) is 0 Å². The number of ether oxygens (including phenoxy) is 3. The van der Waals surface area contributed by atoms with Crippen LogP contribution in [0.1, 0.15) is 67.9 Å². The second kappa shape index (κ2) is 15.2. The summed E-state index contributed by atoms with van der Waals surface area (Å²) < 4.78 is 54.6. The van der Waals surface area contributed by atoms with Crippen molar-refractivity contribution in [3.63, 3.8) is 0 Å². The Labute approximate surface area is 263 Å². The van der Waals surface area contributed by atoms with E-state index in [9.17, 15) is 22.8 Å². The van der Waals surface area contributed by atoms with Gasteiger partial charge in [-0.05, 0) is 76.6 Å². The fourth-order valence-corrected chi connectivity index (χ4v) is 5.61. The lowest BCUT2D eigenvalue weighted by Gasteiger charge is -2.19. The van der Waals surface area contributed by atoms with E-state index in [0.717, 1.165) is 37.8 Å². The summed E-state index contributed by atoms with van der Waals surface area (Å²) >= 11 is 0. The van der Waals surface area contributed by atoms with E-state index in [4.69, 9.17) is 14.2 Å². The van der Waals surface area contributed by atoms with E-state index in [-0.39, 0.29) is 54.8 Å². The lowest BCUT2D eigenvalue weighted by atomic mass is 9.84. The van der Waals surface area contributed by atoms with Crippen molar-refractivity contribution in [1.29, 1.82) is 0 Å². The third-order valence-electron chi connectivity index (χ3n) is 8.21. The number of carbonyl (C=O) groups is 2. The van der Waals surface area contributed by atoms with E-state index in [1.54, 1.807) is 30.3 Å². The van der Waals surface area contributed by atoms with Gasteiger partial charge in [-0.3, -0.25) is 0 Å². The summed E-state index contributed by atoms with van der Waals surface area (Å²) in [6.07, 6.45) is 2.37. The molecule has 2 fully saturated rings. The van der Waals surface area contributed by atoms with Gasteiger partial charge < -0.3 is 19.5 Å². The Kier molecular flexibility index (Phi) is 12.2. The minimum absolute atomic E-state index is 0. The second-order valence-corrected chi connectivity index (χ2v) is 11.7. The molecule has 1 N–H and O–H groups in total. The van der Waals surface area contributed by atoms with E-state index < -0.39 is 17.7 Å². The van der Waals surface area contributed by atoms with Crippen LogP contribution in [-0.4, -0.2) is 48.9 Å². The van der Waals surface area contributed by atoms with Gasteiger partial charge in [-0.2, -0.15) is 13.2 Å². The van der Waals surface area contributed by atoms with Crippen LogP contribution in [0.4, 0.5) is 13.2 Å². The number of allylic oxidation sites excluding steroid dienone is 2. The molecule has 10 heteroatoms. The summed E-state index contributed by atoms with van der Waals surface area (Å²) in [4.78, 5) is 23.5. The molecule has 0 spiro atoms. The first-order chi connectivity index (χ1) is 20.4. The zero-order valence-corrected chi connectivity index (χ0v) is 26.1. The van der Waals surface area contributed by atoms with Crippen molar-refractivity contribution in [2.45, 2.75) is 82.9 Å². The molecule has 2 heterocycles. The van der Waals surface area contributed by atoms with Crippen LogP contribution in [0.25, 0.3) is 0 Å². The summed E-state index contributed by atoms with van der Waals surface area (Å²) in [6.45, 7) is 10.7. The Bertz CT molecular complexity index is 1330. The summed E-state index contributed by atoms with van der Waals surface area (Å²) in [5.74, 6) is -0.498. The Hall–Kier alpha value is -3.14. The molecule has 240 valence electrons. The smallest absolute Gasteiger partial charge is 0.416 e. The molecular weight excluding hydrogens is 595 g/mol. The van der Waals surface area contributed by atoms with Gasteiger partial charge in [0.2, 0.25) is 0 Å². The van der Waals surface area contributed by atoms with Crippen molar-refractivity contribution in [2.75, 3.05) is 13.2 Å². The van der Waals surface area contributed by atoms with Crippen LogP contribution in [-0.2, 0) is 31.6 Å². The molecule has 6 nitrogen and oxygen atoms in total. The monoisotopic (exact) mass is 635 g/mol. The fraction of sp³-hybridized carbons (Fsp3) is 0.471. The van der Waals surface area contributed by atoms with Crippen molar-refractivity contribution in [2.24, 2.45) is 5.92 Å². The molecule has 2 aromatic carbocycles. The number of nitrogens with one attached hydrogen (secondary N) is 1. The molecular formula is C34H41ClF3NO5. The van der Waals surface area contributed by atoms with E-state index in [1.165, 1.54) is 11.6 Å².